The third kappa shape index (κ3) is 5.65. The van der Waals surface area contributed by atoms with Crippen LogP contribution in [0.3, 0.4) is 0 Å². The highest BCUT2D eigenvalue weighted by Crippen LogP contribution is 2.11. The molecule has 0 bridgehead atoms. The number of carboxylic acids is 1. The first-order valence-electron chi connectivity index (χ1n) is 5.75. The van der Waals surface area contributed by atoms with E-state index in [2.05, 4.69) is 5.48 Å². The molecule has 0 unspecified atom stereocenters. The lowest BCUT2D eigenvalue weighted by Crippen LogP contribution is -2.31. The van der Waals surface area contributed by atoms with Crippen molar-refractivity contribution in [1.29, 1.82) is 0 Å². The Hall–Kier alpha value is -1.59. The minimum absolute atomic E-state index is 0.233. The average Bonchev–Trinajstić information content (AvgIpc) is 2.27. The molecule has 1 aromatic rings. The van der Waals surface area contributed by atoms with E-state index in [-0.39, 0.29) is 11.2 Å². The van der Waals surface area contributed by atoms with Gasteiger partial charge in [0.2, 0.25) is 0 Å². The lowest BCUT2D eigenvalue weighted by atomic mass is 10.2. The van der Waals surface area contributed by atoms with Gasteiger partial charge in [0.1, 0.15) is 12.4 Å². The zero-order chi connectivity index (χ0) is 13.6. The van der Waals surface area contributed by atoms with Crippen molar-refractivity contribution in [2.24, 2.45) is 0 Å². The lowest BCUT2D eigenvalue weighted by Gasteiger charge is -2.19. The molecular weight excluding hydrogens is 234 g/mol. The number of aromatic carboxylic acids is 1. The molecule has 100 valence electrons. The Bertz CT molecular complexity index is 381. The van der Waals surface area contributed by atoms with Gasteiger partial charge in [0.15, 0.2) is 0 Å². The van der Waals surface area contributed by atoms with Crippen LogP contribution in [-0.2, 0) is 4.84 Å². The molecule has 2 N–H and O–H groups in total. The van der Waals surface area contributed by atoms with E-state index in [4.69, 9.17) is 14.7 Å². The van der Waals surface area contributed by atoms with E-state index in [1.54, 1.807) is 12.1 Å². The first kappa shape index (κ1) is 14.5. The zero-order valence-electron chi connectivity index (χ0n) is 10.9. The molecule has 0 aliphatic carbocycles. The van der Waals surface area contributed by atoms with Gasteiger partial charge in [-0.2, -0.15) is 5.48 Å². The van der Waals surface area contributed by atoms with Gasteiger partial charge in [0, 0.05) is 0 Å². The van der Waals surface area contributed by atoms with Crippen LogP contribution in [-0.4, -0.2) is 29.8 Å². The highest BCUT2D eigenvalue weighted by molar-refractivity contribution is 5.87. The van der Waals surface area contributed by atoms with Gasteiger partial charge in [-0.15, -0.1) is 0 Å². The molecule has 1 rings (SSSR count). The number of carbonyl (C=O) groups is 1. The molecule has 0 aromatic heterocycles. The van der Waals surface area contributed by atoms with Crippen molar-refractivity contribution in [3.63, 3.8) is 0 Å². The summed E-state index contributed by atoms with van der Waals surface area (Å²) in [6, 6.07) is 6.29. The molecule has 0 aliphatic rings. The second kappa shape index (κ2) is 6.37. The number of hydrogen-bond donors (Lipinski definition) is 2. The number of ether oxygens (including phenoxy) is 1. The van der Waals surface area contributed by atoms with Crippen molar-refractivity contribution in [1.82, 2.24) is 5.48 Å². The van der Waals surface area contributed by atoms with E-state index in [0.717, 1.165) is 0 Å². The monoisotopic (exact) mass is 253 g/mol. The molecule has 0 saturated carbocycles. The average molecular weight is 253 g/mol. The second-order valence-electron chi connectivity index (χ2n) is 4.79. The first-order valence-corrected chi connectivity index (χ1v) is 5.75. The van der Waals surface area contributed by atoms with Gasteiger partial charge in [0.05, 0.1) is 17.7 Å². The molecular formula is C13H19NO4. The largest absolute Gasteiger partial charge is 0.492 e. The lowest BCUT2D eigenvalue weighted by molar-refractivity contribution is -0.0749. The van der Waals surface area contributed by atoms with Crippen LogP contribution < -0.4 is 10.2 Å². The molecule has 18 heavy (non-hydrogen) atoms. The number of hydrogen-bond acceptors (Lipinski definition) is 4. The van der Waals surface area contributed by atoms with Crippen LogP contribution in [0.15, 0.2) is 24.3 Å². The molecule has 0 saturated heterocycles. The fraction of sp³-hybridized carbons (Fsp3) is 0.462. The highest BCUT2D eigenvalue weighted by atomic mass is 16.7. The normalized spacial score (nSPS) is 11.3. The van der Waals surface area contributed by atoms with Crippen LogP contribution >= 0.6 is 0 Å². The van der Waals surface area contributed by atoms with Crippen molar-refractivity contribution in [2.45, 2.75) is 26.4 Å². The maximum atomic E-state index is 10.6. The molecule has 0 spiro atoms. The van der Waals surface area contributed by atoms with Gasteiger partial charge in [-0.3, -0.25) is 4.84 Å². The predicted molar refractivity (Wildman–Crippen MR) is 67.7 cm³/mol. The van der Waals surface area contributed by atoms with Crippen molar-refractivity contribution >= 4 is 5.97 Å². The topological polar surface area (TPSA) is 67.8 Å². The Balaban J connectivity index is 2.25. The van der Waals surface area contributed by atoms with Crippen LogP contribution in [0.5, 0.6) is 5.75 Å². The van der Waals surface area contributed by atoms with E-state index in [0.29, 0.717) is 18.9 Å². The van der Waals surface area contributed by atoms with Crippen LogP contribution in [0.4, 0.5) is 0 Å². The highest BCUT2D eigenvalue weighted by Gasteiger charge is 2.09. The summed E-state index contributed by atoms with van der Waals surface area (Å²) in [5.74, 6) is -0.306. The number of rotatable bonds is 6. The predicted octanol–water partition coefficient (Wildman–Crippen LogP) is 2.08. The van der Waals surface area contributed by atoms with Crippen LogP contribution in [0, 0.1) is 0 Å². The molecule has 1 aromatic carbocycles. The maximum Gasteiger partial charge on any atom is 0.335 e. The van der Waals surface area contributed by atoms with Crippen molar-refractivity contribution in [3.05, 3.63) is 29.8 Å². The molecule has 0 heterocycles. The van der Waals surface area contributed by atoms with Crippen LogP contribution in [0.25, 0.3) is 0 Å². The fourth-order valence-corrected chi connectivity index (χ4v) is 1.17. The van der Waals surface area contributed by atoms with Crippen molar-refractivity contribution in [3.8, 4) is 5.75 Å². The molecule has 0 radical (unpaired) electrons. The third-order valence-electron chi connectivity index (χ3n) is 1.95. The van der Waals surface area contributed by atoms with E-state index >= 15 is 0 Å². The van der Waals surface area contributed by atoms with Gasteiger partial charge < -0.3 is 9.84 Å². The van der Waals surface area contributed by atoms with Crippen molar-refractivity contribution < 1.29 is 19.5 Å². The second-order valence-corrected chi connectivity index (χ2v) is 4.79. The molecule has 5 nitrogen and oxygen atoms in total. The molecule has 0 amide bonds. The smallest absolute Gasteiger partial charge is 0.335 e. The summed E-state index contributed by atoms with van der Waals surface area (Å²) in [6.07, 6.45) is 0. The number of nitrogens with one attached hydrogen (secondary N) is 1. The Morgan fingerprint density at radius 1 is 1.28 bits per heavy atom. The summed E-state index contributed by atoms with van der Waals surface area (Å²) < 4.78 is 5.42. The summed E-state index contributed by atoms with van der Waals surface area (Å²) in [6.45, 7) is 6.85. The van der Waals surface area contributed by atoms with Crippen LogP contribution in [0.2, 0.25) is 0 Å². The Labute approximate surface area is 107 Å². The molecule has 5 heteroatoms. The van der Waals surface area contributed by atoms with Gasteiger partial charge in [0.25, 0.3) is 0 Å². The number of hydroxylamine groups is 1. The van der Waals surface area contributed by atoms with E-state index in [9.17, 15) is 4.79 Å². The summed E-state index contributed by atoms with van der Waals surface area (Å²) in [5, 5.41) is 8.73. The Kier molecular flexibility index (Phi) is 5.12. The first-order chi connectivity index (χ1) is 8.38. The molecule has 0 atom stereocenters. The third-order valence-corrected chi connectivity index (χ3v) is 1.95. The summed E-state index contributed by atoms with van der Waals surface area (Å²) in [4.78, 5) is 15.9. The SMILES string of the molecule is CC(C)(C)ONCCOc1ccc(C(=O)O)cc1. The van der Waals surface area contributed by atoms with Crippen molar-refractivity contribution in [2.75, 3.05) is 13.2 Å². The number of carboxylic acid groups (broad SMARTS) is 1. The molecule has 0 aliphatic heterocycles. The minimum Gasteiger partial charge on any atom is -0.492 e. The number of benzene rings is 1. The quantitative estimate of drug-likeness (QED) is 0.600. The Morgan fingerprint density at radius 2 is 1.89 bits per heavy atom. The standard InChI is InChI=1S/C13H19NO4/c1-13(2,3)18-14-8-9-17-11-6-4-10(5-7-11)12(15)16/h4-7,14H,8-9H2,1-3H3,(H,15,16). The fourth-order valence-electron chi connectivity index (χ4n) is 1.17. The minimum atomic E-state index is -0.943. The summed E-state index contributed by atoms with van der Waals surface area (Å²) in [5.41, 5.74) is 2.82. The van der Waals surface area contributed by atoms with E-state index < -0.39 is 5.97 Å². The Morgan fingerprint density at radius 3 is 2.39 bits per heavy atom. The van der Waals surface area contributed by atoms with E-state index in [1.807, 2.05) is 20.8 Å². The summed E-state index contributed by atoms with van der Waals surface area (Å²) >= 11 is 0. The summed E-state index contributed by atoms with van der Waals surface area (Å²) in [7, 11) is 0. The maximum absolute atomic E-state index is 10.6. The van der Waals surface area contributed by atoms with Gasteiger partial charge >= 0.3 is 5.97 Å². The van der Waals surface area contributed by atoms with Gasteiger partial charge in [-0.25, -0.2) is 4.79 Å². The van der Waals surface area contributed by atoms with Gasteiger partial charge in [-0.05, 0) is 45.0 Å². The van der Waals surface area contributed by atoms with Crippen LogP contribution in [0.1, 0.15) is 31.1 Å². The zero-order valence-corrected chi connectivity index (χ0v) is 10.9. The van der Waals surface area contributed by atoms with Gasteiger partial charge in [-0.1, -0.05) is 0 Å². The molecule has 0 fully saturated rings. The van der Waals surface area contributed by atoms with E-state index in [1.165, 1.54) is 12.1 Å².